The van der Waals surface area contributed by atoms with Crippen LogP contribution >= 0.6 is 0 Å². The van der Waals surface area contributed by atoms with Crippen molar-refractivity contribution in [3.8, 4) is 11.5 Å². The maximum absolute atomic E-state index is 12.6. The van der Waals surface area contributed by atoms with Crippen molar-refractivity contribution in [1.82, 2.24) is 4.31 Å². The Morgan fingerprint density at radius 2 is 1.61 bits per heavy atom. The summed E-state index contributed by atoms with van der Waals surface area (Å²) in [4.78, 5) is 1.43. The molecule has 1 aliphatic rings. The second-order valence-corrected chi connectivity index (χ2v) is 8.99. The van der Waals surface area contributed by atoms with Crippen molar-refractivity contribution < 1.29 is 22.8 Å². The zero-order chi connectivity index (χ0) is 19.8. The van der Waals surface area contributed by atoms with Crippen molar-refractivity contribution in [1.29, 1.82) is 0 Å². The fourth-order valence-corrected chi connectivity index (χ4v) is 4.93. The first-order valence-electron chi connectivity index (χ1n) is 9.69. The number of rotatable bonds is 9. The average molecular weight is 406 g/mol. The summed E-state index contributed by atoms with van der Waals surface area (Å²) in [6, 6.07) is 17.0. The third-order valence-electron chi connectivity index (χ3n) is 5.02. The Morgan fingerprint density at radius 1 is 0.964 bits per heavy atom. The molecule has 0 spiro atoms. The normalized spacial score (nSPS) is 16.0. The van der Waals surface area contributed by atoms with Crippen LogP contribution in [0, 0.1) is 0 Å². The van der Waals surface area contributed by atoms with E-state index in [2.05, 4.69) is 0 Å². The molecule has 6 nitrogen and oxygen atoms in total. The lowest BCUT2D eigenvalue weighted by molar-refractivity contribution is -0.903. The van der Waals surface area contributed by atoms with Crippen LogP contribution in [0.5, 0.6) is 11.5 Å². The molecule has 0 aliphatic carbocycles. The van der Waals surface area contributed by atoms with E-state index in [-0.39, 0.29) is 5.75 Å². The SMILES string of the molecule is COc1ccc(OCCC[NH+]2CCN(S(=O)(=O)Cc3ccccc3)CC2)cc1. The Morgan fingerprint density at radius 3 is 2.25 bits per heavy atom. The molecule has 0 aromatic heterocycles. The molecule has 1 aliphatic heterocycles. The van der Waals surface area contributed by atoms with E-state index < -0.39 is 10.0 Å². The summed E-state index contributed by atoms with van der Waals surface area (Å²) in [5.41, 5.74) is 0.841. The van der Waals surface area contributed by atoms with Gasteiger partial charge in [0, 0.05) is 6.42 Å². The first kappa shape index (κ1) is 20.6. The quantitative estimate of drug-likeness (QED) is 0.637. The molecule has 1 fully saturated rings. The molecule has 152 valence electrons. The number of ether oxygens (including phenoxy) is 2. The Hall–Kier alpha value is -2.09. The molecule has 0 bridgehead atoms. The molecule has 2 aromatic carbocycles. The van der Waals surface area contributed by atoms with Crippen molar-refractivity contribution in [3.05, 3.63) is 60.2 Å². The van der Waals surface area contributed by atoms with Gasteiger partial charge in [-0.3, -0.25) is 0 Å². The highest BCUT2D eigenvalue weighted by Gasteiger charge is 2.28. The molecule has 0 atom stereocenters. The van der Waals surface area contributed by atoms with Crippen LogP contribution in [0.15, 0.2) is 54.6 Å². The predicted octanol–water partition coefficient (Wildman–Crippen LogP) is 1.19. The maximum atomic E-state index is 12.6. The monoisotopic (exact) mass is 405 g/mol. The average Bonchev–Trinajstić information content (AvgIpc) is 2.72. The molecular formula is C21H29N2O4S+. The van der Waals surface area contributed by atoms with Gasteiger partial charge >= 0.3 is 0 Å². The van der Waals surface area contributed by atoms with Gasteiger partial charge in [-0.15, -0.1) is 0 Å². The maximum Gasteiger partial charge on any atom is 0.218 e. The molecule has 0 radical (unpaired) electrons. The van der Waals surface area contributed by atoms with Crippen molar-refractivity contribution in [2.45, 2.75) is 12.2 Å². The van der Waals surface area contributed by atoms with Crippen molar-refractivity contribution in [2.75, 3.05) is 46.4 Å². The first-order chi connectivity index (χ1) is 13.6. The fourth-order valence-electron chi connectivity index (χ4n) is 3.39. The van der Waals surface area contributed by atoms with Crippen LogP contribution in [0.3, 0.4) is 0 Å². The number of hydrogen-bond donors (Lipinski definition) is 1. The van der Waals surface area contributed by atoms with Crippen LogP contribution in [0.2, 0.25) is 0 Å². The molecule has 1 N–H and O–H groups in total. The lowest BCUT2D eigenvalue weighted by atomic mass is 10.2. The lowest BCUT2D eigenvalue weighted by Gasteiger charge is -2.31. The third-order valence-corrected chi connectivity index (χ3v) is 6.87. The number of piperazine rings is 1. The second kappa shape index (κ2) is 9.91. The second-order valence-electron chi connectivity index (χ2n) is 7.02. The van der Waals surface area contributed by atoms with Gasteiger partial charge in [-0.1, -0.05) is 30.3 Å². The minimum absolute atomic E-state index is 0.0822. The van der Waals surface area contributed by atoms with Gasteiger partial charge in [0.05, 0.1) is 52.2 Å². The lowest BCUT2D eigenvalue weighted by Crippen LogP contribution is -3.14. The summed E-state index contributed by atoms with van der Waals surface area (Å²) in [6.45, 7) is 4.51. The van der Waals surface area contributed by atoms with Gasteiger partial charge in [-0.25, -0.2) is 8.42 Å². The zero-order valence-electron chi connectivity index (χ0n) is 16.3. The van der Waals surface area contributed by atoms with E-state index in [0.29, 0.717) is 19.7 Å². The molecule has 28 heavy (non-hydrogen) atoms. The third kappa shape index (κ3) is 5.95. The predicted molar refractivity (Wildman–Crippen MR) is 109 cm³/mol. The highest BCUT2D eigenvalue weighted by molar-refractivity contribution is 7.88. The standard InChI is InChI=1S/C21H28N2O4S/c1-26-20-8-10-21(11-9-20)27-17-5-12-22-13-15-23(16-14-22)28(24,25)18-19-6-3-2-4-7-19/h2-4,6-11H,5,12-18H2,1H3/p+1. The van der Waals surface area contributed by atoms with Crippen LogP contribution in [0.1, 0.15) is 12.0 Å². The van der Waals surface area contributed by atoms with Gasteiger partial charge in [-0.2, -0.15) is 4.31 Å². The molecule has 0 unspecified atom stereocenters. The zero-order valence-corrected chi connectivity index (χ0v) is 17.2. The number of benzene rings is 2. The number of nitrogens with zero attached hydrogens (tertiary/aromatic N) is 1. The molecule has 2 aromatic rings. The van der Waals surface area contributed by atoms with Crippen molar-refractivity contribution in [3.63, 3.8) is 0 Å². The van der Waals surface area contributed by atoms with Gasteiger partial charge < -0.3 is 14.4 Å². The number of sulfonamides is 1. The van der Waals surface area contributed by atoms with E-state index in [1.165, 1.54) is 4.90 Å². The number of methoxy groups -OCH3 is 1. The highest BCUT2D eigenvalue weighted by atomic mass is 32.2. The van der Waals surface area contributed by atoms with Crippen LogP contribution < -0.4 is 14.4 Å². The van der Waals surface area contributed by atoms with Gasteiger partial charge in [0.15, 0.2) is 0 Å². The number of quaternary nitrogens is 1. The summed E-state index contributed by atoms with van der Waals surface area (Å²) in [6.07, 6.45) is 0.943. The van der Waals surface area contributed by atoms with E-state index in [9.17, 15) is 8.42 Å². The van der Waals surface area contributed by atoms with Gasteiger partial charge in [0.25, 0.3) is 0 Å². The highest BCUT2D eigenvalue weighted by Crippen LogP contribution is 2.17. The van der Waals surface area contributed by atoms with E-state index in [1.54, 1.807) is 11.4 Å². The molecule has 3 rings (SSSR count). The van der Waals surface area contributed by atoms with Gasteiger partial charge in [-0.05, 0) is 29.8 Å². The molecule has 0 amide bonds. The Labute approximate surface area is 167 Å². The molecule has 1 saturated heterocycles. The van der Waals surface area contributed by atoms with Gasteiger partial charge in [0.1, 0.15) is 11.5 Å². The van der Waals surface area contributed by atoms with Crippen LogP contribution in [0.25, 0.3) is 0 Å². The summed E-state index contributed by atoms with van der Waals surface area (Å²) in [7, 11) is -1.60. The smallest absolute Gasteiger partial charge is 0.218 e. The molecule has 1 heterocycles. The molecule has 7 heteroatoms. The van der Waals surface area contributed by atoms with E-state index in [4.69, 9.17) is 9.47 Å². The largest absolute Gasteiger partial charge is 0.497 e. The Bertz CT molecular complexity index is 817. The van der Waals surface area contributed by atoms with Crippen LogP contribution in [0.4, 0.5) is 0 Å². The fraction of sp³-hybridized carbons (Fsp3) is 0.429. The number of hydrogen-bond acceptors (Lipinski definition) is 4. The van der Waals surface area contributed by atoms with E-state index in [0.717, 1.165) is 43.1 Å². The van der Waals surface area contributed by atoms with Crippen LogP contribution in [-0.4, -0.2) is 59.2 Å². The van der Waals surface area contributed by atoms with E-state index in [1.807, 2.05) is 54.6 Å². The van der Waals surface area contributed by atoms with Crippen molar-refractivity contribution in [2.24, 2.45) is 0 Å². The topological polar surface area (TPSA) is 60.3 Å². The summed E-state index contributed by atoms with van der Waals surface area (Å²) >= 11 is 0. The summed E-state index contributed by atoms with van der Waals surface area (Å²) in [5, 5.41) is 0. The first-order valence-corrected chi connectivity index (χ1v) is 11.3. The van der Waals surface area contributed by atoms with Crippen LogP contribution in [-0.2, 0) is 15.8 Å². The Balaban J connectivity index is 1.36. The number of nitrogens with one attached hydrogen (secondary N) is 1. The Kier molecular flexibility index (Phi) is 7.30. The molecule has 0 saturated carbocycles. The van der Waals surface area contributed by atoms with Crippen molar-refractivity contribution >= 4 is 10.0 Å². The van der Waals surface area contributed by atoms with E-state index >= 15 is 0 Å². The minimum atomic E-state index is -3.24. The molecular weight excluding hydrogens is 376 g/mol. The summed E-state index contributed by atoms with van der Waals surface area (Å²) in [5.74, 6) is 1.74. The summed E-state index contributed by atoms with van der Waals surface area (Å²) < 4.78 is 37.8. The minimum Gasteiger partial charge on any atom is -0.497 e. The van der Waals surface area contributed by atoms with Gasteiger partial charge in [0.2, 0.25) is 10.0 Å².